The molecule has 1 aliphatic heterocycles. The number of nitrogens with zero attached hydrogens (tertiary/aromatic N) is 4. The molecular weight excluding hydrogens is 506 g/mol. The third-order valence-electron chi connectivity index (χ3n) is 6.53. The van der Waals surface area contributed by atoms with Gasteiger partial charge in [0, 0.05) is 67.5 Å². The minimum absolute atomic E-state index is 0.0337. The van der Waals surface area contributed by atoms with Gasteiger partial charge < -0.3 is 25.8 Å². The number of anilines is 4. The Labute approximate surface area is 232 Å². The van der Waals surface area contributed by atoms with Crippen LogP contribution in [0.4, 0.5) is 27.8 Å². The average Bonchev–Trinajstić information content (AvgIpc) is 2.98. The normalized spacial score (nSPS) is 12.9. The fourth-order valence-electron chi connectivity index (χ4n) is 4.35. The molecule has 0 radical (unpaired) electrons. The van der Waals surface area contributed by atoms with Crippen molar-refractivity contribution in [3.8, 4) is 11.3 Å². The third kappa shape index (κ3) is 6.60. The van der Waals surface area contributed by atoms with Crippen molar-refractivity contribution in [2.75, 3.05) is 42.1 Å². The Kier molecular flexibility index (Phi) is 7.96. The van der Waals surface area contributed by atoms with E-state index in [-0.39, 0.29) is 17.8 Å². The Bertz CT molecular complexity index is 1480. The number of para-hydroxylation sites is 1. The third-order valence-corrected chi connectivity index (χ3v) is 6.53. The van der Waals surface area contributed by atoms with Crippen LogP contribution in [0.2, 0.25) is 0 Å². The van der Waals surface area contributed by atoms with Crippen molar-refractivity contribution in [3.05, 3.63) is 96.7 Å². The van der Waals surface area contributed by atoms with Gasteiger partial charge in [-0.05, 0) is 54.6 Å². The van der Waals surface area contributed by atoms with Crippen LogP contribution in [0.25, 0.3) is 11.3 Å². The van der Waals surface area contributed by atoms with Crippen LogP contribution in [0, 0.1) is 0 Å². The van der Waals surface area contributed by atoms with Crippen LogP contribution in [-0.2, 0) is 4.79 Å². The zero-order chi connectivity index (χ0) is 27.9. The van der Waals surface area contributed by atoms with E-state index in [2.05, 4.69) is 25.9 Å². The summed E-state index contributed by atoms with van der Waals surface area (Å²) in [6, 6.07) is 25.3. The zero-order valence-corrected chi connectivity index (χ0v) is 22.0. The molecule has 3 aromatic carbocycles. The predicted octanol–water partition coefficient (Wildman–Crippen LogP) is 4.84. The molecule has 4 amide bonds. The molecule has 0 spiro atoms. The van der Waals surface area contributed by atoms with Crippen LogP contribution in [0.3, 0.4) is 0 Å². The largest absolute Gasteiger partial charge is 0.339 e. The number of aromatic nitrogens is 2. The maximum atomic E-state index is 12.9. The number of carbonyl (C=O) groups is 3. The summed E-state index contributed by atoms with van der Waals surface area (Å²) >= 11 is 0. The first-order valence-electron chi connectivity index (χ1n) is 12.9. The number of benzene rings is 3. The number of amides is 4. The standard InChI is InChI=1S/C30H29N7O3/c1-21(38)36-17-19-37(20-18-36)28(39)23-9-13-25(14-10-23)32-29-31-16-15-27(35-29)22-7-11-26(12-8-22)34-30(40)33-24-5-3-2-4-6-24/h2-16H,17-20H2,1H3,(H,31,32,35)(H2,33,34,40). The molecular formula is C30H29N7O3. The van der Waals surface area contributed by atoms with E-state index in [9.17, 15) is 14.4 Å². The smallest absolute Gasteiger partial charge is 0.323 e. The van der Waals surface area contributed by atoms with E-state index in [0.29, 0.717) is 54.8 Å². The van der Waals surface area contributed by atoms with Crippen LogP contribution in [0.15, 0.2) is 91.1 Å². The molecule has 0 aliphatic carbocycles. The van der Waals surface area contributed by atoms with E-state index in [1.165, 1.54) is 0 Å². The van der Waals surface area contributed by atoms with Gasteiger partial charge in [0.1, 0.15) is 0 Å². The van der Waals surface area contributed by atoms with Gasteiger partial charge in [-0.2, -0.15) is 0 Å². The molecule has 0 saturated carbocycles. The summed E-state index contributed by atoms with van der Waals surface area (Å²) in [6.07, 6.45) is 1.67. The van der Waals surface area contributed by atoms with Gasteiger partial charge in [0.05, 0.1) is 5.69 Å². The SMILES string of the molecule is CC(=O)N1CCN(C(=O)c2ccc(Nc3nccc(-c4ccc(NC(=O)Nc5ccccc5)cc4)n3)cc2)CC1. The van der Waals surface area contributed by atoms with E-state index >= 15 is 0 Å². The fourth-order valence-corrected chi connectivity index (χ4v) is 4.35. The Morgan fingerprint density at radius 2 is 1.30 bits per heavy atom. The first kappa shape index (κ1) is 26.4. The lowest BCUT2D eigenvalue weighted by Gasteiger charge is -2.34. The molecule has 2 heterocycles. The molecule has 4 aromatic rings. The van der Waals surface area contributed by atoms with Crippen LogP contribution in [-0.4, -0.2) is 63.8 Å². The van der Waals surface area contributed by atoms with Crippen molar-refractivity contribution < 1.29 is 14.4 Å². The number of nitrogens with one attached hydrogen (secondary N) is 3. The van der Waals surface area contributed by atoms with Crippen molar-refractivity contribution in [2.45, 2.75) is 6.92 Å². The number of hydrogen-bond acceptors (Lipinski definition) is 6. The number of rotatable bonds is 6. The summed E-state index contributed by atoms with van der Waals surface area (Å²) < 4.78 is 0. The van der Waals surface area contributed by atoms with Crippen LogP contribution < -0.4 is 16.0 Å². The molecule has 1 fully saturated rings. The average molecular weight is 536 g/mol. The molecule has 40 heavy (non-hydrogen) atoms. The molecule has 1 saturated heterocycles. The molecule has 0 atom stereocenters. The quantitative estimate of drug-likeness (QED) is 0.325. The summed E-state index contributed by atoms with van der Waals surface area (Å²) in [7, 11) is 0. The maximum absolute atomic E-state index is 12.9. The highest BCUT2D eigenvalue weighted by Gasteiger charge is 2.23. The van der Waals surface area contributed by atoms with Gasteiger partial charge in [-0.15, -0.1) is 0 Å². The van der Waals surface area contributed by atoms with Gasteiger partial charge in [0.15, 0.2) is 0 Å². The molecule has 0 bridgehead atoms. The highest BCUT2D eigenvalue weighted by Crippen LogP contribution is 2.22. The second-order valence-electron chi connectivity index (χ2n) is 9.29. The predicted molar refractivity (Wildman–Crippen MR) is 154 cm³/mol. The van der Waals surface area contributed by atoms with Gasteiger partial charge >= 0.3 is 6.03 Å². The number of urea groups is 1. The Morgan fingerprint density at radius 1 is 0.700 bits per heavy atom. The molecule has 5 rings (SSSR count). The minimum atomic E-state index is -0.323. The number of piperazine rings is 1. The highest BCUT2D eigenvalue weighted by molar-refractivity contribution is 5.99. The molecule has 1 aromatic heterocycles. The van der Waals surface area contributed by atoms with Gasteiger partial charge in [-0.1, -0.05) is 30.3 Å². The molecule has 1 aliphatic rings. The Morgan fingerprint density at radius 3 is 1.95 bits per heavy atom. The summed E-state index contributed by atoms with van der Waals surface area (Å²) in [5.41, 5.74) is 4.28. The molecule has 10 heteroatoms. The van der Waals surface area contributed by atoms with E-state index in [1.54, 1.807) is 35.1 Å². The minimum Gasteiger partial charge on any atom is -0.339 e. The maximum Gasteiger partial charge on any atom is 0.323 e. The van der Waals surface area contributed by atoms with Gasteiger partial charge in [-0.25, -0.2) is 14.8 Å². The molecule has 0 unspecified atom stereocenters. The van der Waals surface area contributed by atoms with Crippen LogP contribution in [0.1, 0.15) is 17.3 Å². The van der Waals surface area contributed by atoms with Gasteiger partial charge in [0.25, 0.3) is 5.91 Å². The highest BCUT2D eigenvalue weighted by atomic mass is 16.2. The second-order valence-corrected chi connectivity index (χ2v) is 9.29. The lowest BCUT2D eigenvalue weighted by atomic mass is 10.1. The van der Waals surface area contributed by atoms with Gasteiger partial charge in [-0.3, -0.25) is 9.59 Å². The molecule has 202 valence electrons. The summed E-state index contributed by atoms with van der Waals surface area (Å²) in [5, 5.41) is 8.78. The first-order chi connectivity index (χ1) is 19.4. The lowest BCUT2D eigenvalue weighted by Crippen LogP contribution is -2.50. The van der Waals surface area contributed by atoms with Crippen molar-refractivity contribution in [2.24, 2.45) is 0 Å². The van der Waals surface area contributed by atoms with E-state index in [1.807, 2.05) is 72.8 Å². The summed E-state index contributed by atoms with van der Waals surface area (Å²) in [5.74, 6) is 0.399. The van der Waals surface area contributed by atoms with Crippen molar-refractivity contribution in [1.29, 1.82) is 0 Å². The summed E-state index contributed by atoms with van der Waals surface area (Å²) in [6.45, 7) is 3.70. The van der Waals surface area contributed by atoms with E-state index in [0.717, 1.165) is 11.3 Å². The number of hydrogen-bond donors (Lipinski definition) is 3. The van der Waals surface area contributed by atoms with Gasteiger partial charge in [0.2, 0.25) is 11.9 Å². The topological polar surface area (TPSA) is 120 Å². The first-order valence-corrected chi connectivity index (χ1v) is 12.9. The Hall–Kier alpha value is -5.25. The number of carbonyl (C=O) groups excluding carboxylic acids is 3. The second kappa shape index (κ2) is 12.1. The Balaban J connectivity index is 1.18. The molecule has 10 nitrogen and oxygen atoms in total. The van der Waals surface area contributed by atoms with Crippen molar-refractivity contribution >= 4 is 40.9 Å². The zero-order valence-electron chi connectivity index (χ0n) is 22.0. The van der Waals surface area contributed by atoms with Crippen molar-refractivity contribution in [3.63, 3.8) is 0 Å². The monoisotopic (exact) mass is 535 g/mol. The van der Waals surface area contributed by atoms with Crippen LogP contribution in [0.5, 0.6) is 0 Å². The fraction of sp³-hybridized carbons (Fsp3) is 0.167. The molecule has 3 N–H and O–H groups in total. The summed E-state index contributed by atoms with van der Waals surface area (Å²) in [4.78, 5) is 49.1. The lowest BCUT2D eigenvalue weighted by molar-refractivity contribution is -0.130. The van der Waals surface area contributed by atoms with E-state index in [4.69, 9.17) is 0 Å². The van der Waals surface area contributed by atoms with E-state index < -0.39 is 0 Å². The van der Waals surface area contributed by atoms with Crippen molar-refractivity contribution in [1.82, 2.24) is 19.8 Å². The van der Waals surface area contributed by atoms with Crippen LogP contribution >= 0.6 is 0 Å².